The first-order valence-corrected chi connectivity index (χ1v) is 15.8. The number of para-hydroxylation sites is 1. The number of unbranched alkanes of at least 4 members (excludes halogenated alkanes) is 1. The van der Waals surface area contributed by atoms with E-state index in [0.29, 0.717) is 50.3 Å². The summed E-state index contributed by atoms with van der Waals surface area (Å²) in [7, 11) is 1.70. The smallest absolute Gasteiger partial charge is 0.227 e. The number of halogens is 1. The number of nitrogens with zero attached hydrogens (tertiary/aromatic N) is 1. The number of benzene rings is 3. The van der Waals surface area contributed by atoms with Gasteiger partial charge < -0.3 is 29.2 Å². The predicted molar refractivity (Wildman–Crippen MR) is 171 cm³/mol. The van der Waals surface area contributed by atoms with Gasteiger partial charge in [0.1, 0.15) is 11.5 Å². The van der Waals surface area contributed by atoms with E-state index in [0.717, 1.165) is 67.9 Å². The molecule has 2 aliphatic heterocycles. The molecule has 2 heterocycles. The summed E-state index contributed by atoms with van der Waals surface area (Å²) in [4.78, 5) is 14.6. The summed E-state index contributed by atoms with van der Waals surface area (Å²) < 4.78 is 23.5. The summed E-state index contributed by atoms with van der Waals surface area (Å²) in [5.74, 6) is 2.09. The Hall–Kier alpha value is -3.10. The van der Waals surface area contributed by atoms with Crippen molar-refractivity contribution in [2.45, 2.75) is 57.2 Å². The average molecular weight is 607 g/mol. The first-order chi connectivity index (χ1) is 21.1. The summed E-state index contributed by atoms with van der Waals surface area (Å²) in [6.45, 7) is 4.86. The molecule has 1 amide bonds. The van der Waals surface area contributed by atoms with Gasteiger partial charge in [0.15, 0.2) is 0 Å². The number of carbonyl (C=O) groups excluding carboxylic acids is 1. The van der Waals surface area contributed by atoms with Gasteiger partial charge in [-0.15, -0.1) is 0 Å². The first kappa shape index (κ1) is 31.3. The highest BCUT2D eigenvalue weighted by Gasteiger charge is 2.28. The minimum absolute atomic E-state index is 0.0640. The van der Waals surface area contributed by atoms with Crippen molar-refractivity contribution in [1.29, 1.82) is 0 Å². The van der Waals surface area contributed by atoms with E-state index in [1.54, 1.807) is 7.11 Å². The van der Waals surface area contributed by atoms with Gasteiger partial charge in [0.05, 0.1) is 30.9 Å². The SMILES string of the molecule is COCCCN1C(=O)CCc2ccc(CO[C@H]3CNCC[C@@H]3c3ccc(OCCCCOc4ccccc4Cl)cc3)cc21. The Labute approximate surface area is 260 Å². The zero-order valence-corrected chi connectivity index (χ0v) is 25.8. The molecule has 1 saturated heterocycles. The molecule has 0 aromatic heterocycles. The summed E-state index contributed by atoms with van der Waals surface area (Å²) in [5, 5.41) is 4.14. The molecule has 43 heavy (non-hydrogen) atoms. The number of hydrogen-bond donors (Lipinski definition) is 1. The number of hydrogen-bond acceptors (Lipinski definition) is 6. The Kier molecular flexibility index (Phi) is 11.7. The van der Waals surface area contributed by atoms with Gasteiger partial charge in [-0.25, -0.2) is 0 Å². The molecule has 7 nitrogen and oxygen atoms in total. The molecular formula is C35H43ClN2O5. The fourth-order valence-corrected chi connectivity index (χ4v) is 6.01. The highest BCUT2D eigenvalue weighted by molar-refractivity contribution is 6.32. The minimum Gasteiger partial charge on any atom is -0.494 e. The monoisotopic (exact) mass is 606 g/mol. The van der Waals surface area contributed by atoms with Gasteiger partial charge >= 0.3 is 0 Å². The lowest BCUT2D eigenvalue weighted by atomic mass is 9.87. The van der Waals surface area contributed by atoms with Gasteiger partial charge in [0.2, 0.25) is 5.91 Å². The van der Waals surface area contributed by atoms with Crippen molar-refractivity contribution in [2.75, 3.05) is 51.5 Å². The summed E-state index contributed by atoms with van der Waals surface area (Å²) in [6.07, 6.45) is 5.05. The molecule has 5 rings (SSSR count). The zero-order chi connectivity index (χ0) is 29.9. The van der Waals surface area contributed by atoms with Crippen molar-refractivity contribution >= 4 is 23.2 Å². The van der Waals surface area contributed by atoms with Crippen LogP contribution in [0.15, 0.2) is 66.7 Å². The molecule has 1 fully saturated rings. The molecular weight excluding hydrogens is 564 g/mol. The Bertz CT molecular complexity index is 1320. The second-order valence-electron chi connectivity index (χ2n) is 11.2. The first-order valence-electron chi connectivity index (χ1n) is 15.5. The largest absolute Gasteiger partial charge is 0.494 e. The molecule has 0 saturated carbocycles. The normalized spacial score (nSPS) is 18.4. The molecule has 1 N–H and O–H groups in total. The molecule has 8 heteroatoms. The van der Waals surface area contributed by atoms with Gasteiger partial charge in [-0.05, 0) is 85.7 Å². The van der Waals surface area contributed by atoms with Crippen LogP contribution in [0.25, 0.3) is 0 Å². The average Bonchev–Trinajstić information content (AvgIpc) is 3.04. The van der Waals surface area contributed by atoms with E-state index in [-0.39, 0.29) is 12.0 Å². The van der Waals surface area contributed by atoms with Crippen molar-refractivity contribution in [2.24, 2.45) is 0 Å². The van der Waals surface area contributed by atoms with Gasteiger partial charge in [-0.3, -0.25) is 4.79 Å². The second-order valence-corrected chi connectivity index (χ2v) is 11.6. The third-order valence-corrected chi connectivity index (χ3v) is 8.49. The molecule has 0 spiro atoms. The number of fused-ring (bicyclic) bond motifs is 1. The minimum atomic E-state index is 0.0640. The highest BCUT2D eigenvalue weighted by Crippen LogP contribution is 2.32. The number of aryl methyl sites for hydroxylation is 1. The molecule has 2 atom stereocenters. The summed E-state index contributed by atoms with van der Waals surface area (Å²) in [5.41, 5.74) is 4.61. The van der Waals surface area contributed by atoms with Crippen molar-refractivity contribution < 1.29 is 23.7 Å². The molecule has 0 unspecified atom stereocenters. The van der Waals surface area contributed by atoms with E-state index in [2.05, 4.69) is 47.8 Å². The van der Waals surface area contributed by atoms with E-state index in [9.17, 15) is 4.79 Å². The van der Waals surface area contributed by atoms with Crippen LogP contribution in [0.5, 0.6) is 11.5 Å². The van der Waals surface area contributed by atoms with Crippen LogP contribution in [0, 0.1) is 0 Å². The van der Waals surface area contributed by atoms with Crippen LogP contribution >= 0.6 is 11.6 Å². The maximum absolute atomic E-state index is 12.7. The number of methoxy groups -OCH3 is 1. The van der Waals surface area contributed by atoms with Gasteiger partial charge in [-0.2, -0.15) is 0 Å². The van der Waals surface area contributed by atoms with Crippen LogP contribution in [0.4, 0.5) is 5.69 Å². The number of rotatable bonds is 15. The van der Waals surface area contributed by atoms with Crippen LogP contribution in [0.2, 0.25) is 5.02 Å². The van der Waals surface area contributed by atoms with Crippen LogP contribution < -0.4 is 19.7 Å². The van der Waals surface area contributed by atoms with E-state index in [1.165, 1.54) is 11.1 Å². The summed E-state index contributed by atoms with van der Waals surface area (Å²) >= 11 is 6.14. The van der Waals surface area contributed by atoms with Crippen molar-refractivity contribution in [3.63, 3.8) is 0 Å². The number of ether oxygens (including phenoxy) is 4. The molecule has 0 bridgehead atoms. The highest BCUT2D eigenvalue weighted by atomic mass is 35.5. The van der Waals surface area contributed by atoms with E-state index in [4.69, 9.17) is 30.5 Å². The van der Waals surface area contributed by atoms with Crippen molar-refractivity contribution in [3.05, 3.63) is 88.4 Å². The van der Waals surface area contributed by atoms with Gasteiger partial charge in [-0.1, -0.05) is 48.0 Å². The Morgan fingerprint density at radius 2 is 1.74 bits per heavy atom. The van der Waals surface area contributed by atoms with E-state index >= 15 is 0 Å². The Balaban J connectivity index is 1.10. The fourth-order valence-electron chi connectivity index (χ4n) is 5.82. The molecule has 3 aromatic carbocycles. The van der Waals surface area contributed by atoms with E-state index in [1.807, 2.05) is 29.2 Å². The fraction of sp³-hybridized carbons (Fsp3) is 0.457. The van der Waals surface area contributed by atoms with Gasteiger partial charge in [0.25, 0.3) is 0 Å². The molecule has 0 aliphatic carbocycles. The zero-order valence-electron chi connectivity index (χ0n) is 25.1. The second kappa shape index (κ2) is 16.1. The third-order valence-electron chi connectivity index (χ3n) is 8.18. The molecule has 230 valence electrons. The number of carbonyl (C=O) groups is 1. The number of amides is 1. The maximum Gasteiger partial charge on any atom is 0.227 e. The number of nitrogens with one attached hydrogen (secondary N) is 1. The number of piperidine rings is 1. The lowest BCUT2D eigenvalue weighted by Gasteiger charge is -2.33. The number of anilines is 1. The lowest BCUT2D eigenvalue weighted by Crippen LogP contribution is -2.41. The standard InChI is InChI=1S/C35H43ClN2O5/c1-40-20-6-19-38-32-23-26(9-10-28(32)13-16-35(38)39)25-43-34-24-37-18-17-30(34)27-11-14-29(15-12-27)41-21-4-5-22-42-33-8-3-2-7-31(33)36/h2-3,7-12,14-15,23,30,34,37H,4-6,13,16-22,24-25H2,1H3/t30-,34+/m1/s1. The van der Waals surface area contributed by atoms with Crippen molar-refractivity contribution in [3.8, 4) is 11.5 Å². The lowest BCUT2D eigenvalue weighted by molar-refractivity contribution is -0.118. The van der Waals surface area contributed by atoms with Crippen LogP contribution in [-0.4, -0.2) is 58.6 Å². The third kappa shape index (κ3) is 8.73. The Morgan fingerprint density at radius 1 is 0.930 bits per heavy atom. The molecule has 3 aromatic rings. The topological polar surface area (TPSA) is 69.3 Å². The van der Waals surface area contributed by atoms with Crippen LogP contribution in [0.1, 0.15) is 54.7 Å². The quantitative estimate of drug-likeness (QED) is 0.198. The van der Waals surface area contributed by atoms with Gasteiger partial charge in [0, 0.05) is 44.8 Å². The summed E-state index contributed by atoms with van der Waals surface area (Å²) in [6, 6.07) is 22.4. The predicted octanol–water partition coefficient (Wildman–Crippen LogP) is 6.56. The molecule has 2 aliphatic rings. The maximum atomic E-state index is 12.7. The van der Waals surface area contributed by atoms with E-state index < -0.39 is 0 Å². The van der Waals surface area contributed by atoms with Crippen LogP contribution in [-0.2, 0) is 27.3 Å². The Morgan fingerprint density at radius 3 is 2.56 bits per heavy atom. The van der Waals surface area contributed by atoms with Crippen LogP contribution in [0.3, 0.4) is 0 Å². The molecule has 0 radical (unpaired) electrons. The van der Waals surface area contributed by atoms with Crippen molar-refractivity contribution in [1.82, 2.24) is 5.32 Å².